The molecule has 0 radical (unpaired) electrons. The molecule has 0 bridgehead atoms. The molecule has 2 N–H and O–H groups in total. The molecule has 4 heteroatoms. The van der Waals surface area contributed by atoms with Crippen LogP contribution in [0.4, 0.5) is 11.4 Å². The Balaban J connectivity index is 1.18. The van der Waals surface area contributed by atoms with Gasteiger partial charge in [-0.3, -0.25) is 0 Å². The van der Waals surface area contributed by atoms with Crippen LogP contribution < -0.4 is 16.1 Å². The number of allylic oxidation sites excluding steroid dienone is 6. The molecule has 0 spiro atoms. The lowest BCUT2D eigenvalue weighted by Crippen LogP contribution is -2.38. The first kappa shape index (κ1) is 35.3. The van der Waals surface area contributed by atoms with Gasteiger partial charge < -0.3 is 10.6 Å². The summed E-state index contributed by atoms with van der Waals surface area (Å²) in [6, 6.07) is 30.2. The van der Waals surface area contributed by atoms with Crippen molar-refractivity contribution in [2.45, 2.75) is 83.1 Å². The topological polar surface area (TPSA) is 24.1 Å². The second-order valence-electron chi connectivity index (χ2n) is 19.4. The van der Waals surface area contributed by atoms with Crippen LogP contribution in [-0.4, -0.2) is 32.1 Å². The van der Waals surface area contributed by atoms with E-state index in [2.05, 4.69) is 174 Å². The van der Waals surface area contributed by atoms with Gasteiger partial charge in [0.2, 0.25) is 0 Å². The Bertz CT molecular complexity index is 2440. The Hall–Kier alpha value is -4.41. The first-order valence-electron chi connectivity index (χ1n) is 20.1. The first-order chi connectivity index (χ1) is 25.6. The van der Waals surface area contributed by atoms with Crippen LogP contribution in [0.3, 0.4) is 0 Å². The largest absolute Gasteiger partial charge is 0.385 e. The van der Waals surface area contributed by atoms with Crippen molar-refractivity contribution in [3.63, 3.8) is 0 Å². The van der Waals surface area contributed by atoms with E-state index in [0.717, 1.165) is 20.1 Å². The van der Waals surface area contributed by atoms with Gasteiger partial charge in [-0.25, -0.2) is 9.16 Å². The van der Waals surface area contributed by atoms with Gasteiger partial charge in [0, 0.05) is 21.0 Å². The maximum absolute atomic E-state index is 4.03. The van der Waals surface area contributed by atoms with Gasteiger partial charge in [0.15, 0.2) is 7.28 Å². The summed E-state index contributed by atoms with van der Waals surface area (Å²) in [6.07, 6.45) is 22.0. The fraction of sp³-hybridized carbons (Fsp3) is 0.320. The van der Waals surface area contributed by atoms with E-state index < -0.39 is 9.16 Å². The third-order valence-corrected chi connectivity index (χ3v) is 17.9. The summed E-state index contributed by atoms with van der Waals surface area (Å²) in [5.41, 5.74) is 21.3. The van der Waals surface area contributed by atoms with Crippen LogP contribution in [0, 0.1) is 17.8 Å². The smallest absolute Gasteiger partial charge is 0.195 e. The number of para-hydroxylation sites is 2. The van der Waals surface area contributed by atoms with Gasteiger partial charge in [0.1, 0.15) is 0 Å². The van der Waals surface area contributed by atoms with E-state index in [4.69, 9.17) is 0 Å². The lowest BCUT2D eigenvalue weighted by molar-refractivity contribution is 0.253. The van der Waals surface area contributed by atoms with Crippen LogP contribution in [0.5, 0.6) is 0 Å². The molecule has 2 nitrogen and oxygen atoms in total. The third kappa shape index (κ3) is 5.62. The number of hydrogen-bond acceptors (Lipinski definition) is 2. The van der Waals surface area contributed by atoms with Crippen molar-refractivity contribution in [1.82, 2.24) is 5.32 Å². The van der Waals surface area contributed by atoms with Gasteiger partial charge in [-0.2, -0.15) is 0 Å². The van der Waals surface area contributed by atoms with Crippen molar-refractivity contribution in [2.75, 3.05) is 24.1 Å². The molecular formula is C50H57BN2S. The fourth-order valence-electron chi connectivity index (χ4n) is 10.4. The minimum absolute atomic E-state index is 0.230. The zero-order chi connectivity index (χ0) is 37.8. The first-order valence-corrected chi connectivity index (χ1v) is 23.7. The van der Waals surface area contributed by atoms with Crippen LogP contribution in [0.15, 0.2) is 135 Å². The lowest BCUT2D eigenvalue weighted by atomic mass is 9.58. The summed E-state index contributed by atoms with van der Waals surface area (Å²) in [5.74, 6) is 0. The minimum Gasteiger partial charge on any atom is -0.385 e. The zero-order valence-corrected chi connectivity index (χ0v) is 34.8. The van der Waals surface area contributed by atoms with Crippen molar-refractivity contribution < 1.29 is 0 Å². The molecule has 1 atom stereocenters. The van der Waals surface area contributed by atoms with E-state index in [9.17, 15) is 0 Å². The second-order valence-corrected chi connectivity index (χ2v) is 26.0. The van der Waals surface area contributed by atoms with Gasteiger partial charge in [0.25, 0.3) is 0 Å². The summed E-state index contributed by atoms with van der Waals surface area (Å²) in [7, 11) is -1.57. The molecule has 5 aliphatic rings. The summed E-state index contributed by atoms with van der Waals surface area (Å²) < 4.78 is 0. The number of thiol groups is 1. The molecule has 2 heterocycles. The normalized spacial score (nSPS) is 25.6. The molecular weight excluding hydrogens is 671 g/mol. The molecule has 4 aromatic rings. The molecule has 0 amide bonds. The monoisotopic (exact) mass is 728 g/mol. The summed E-state index contributed by atoms with van der Waals surface area (Å²) in [4.78, 5) is 2.92. The van der Waals surface area contributed by atoms with Gasteiger partial charge in [0.05, 0.1) is 11.7 Å². The van der Waals surface area contributed by atoms with Crippen LogP contribution in [-0.2, 0) is 6.42 Å². The number of fused-ring (bicyclic) bond motifs is 6. The number of hydrogen-bond donors (Lipinski definition) is 3. The van der Waals surface area contributed by atoms with E-state index in [1.54, 1.807) is 11.1 Å². The molecule has 3 aliphatic carbocycles. The van der Waals surface area contributed by atoms with Crippen molar-refractivity contribution in [2.24, 2.45) is 10.8 Å². The van der Waals surface area contributed by atoms with E-state index >= 15 is 0 Å². The SMILES string of the molecule is CC1=CC2=C(CC1N\C=C1Bc3c(cc(C)cc3-c3cccc4c3Nc3ccccc3[SH]4(C)(C)C)/C=C3/Cc4ccccc4/C3=C/1)C(C)(C)CCC2(C)C. The molecule has 0 aromatic heterocycles. The highest BCUT2D eigenvalue weighted by molar-refractivity contribution is 8.48. The number of anilines is 2. The predicted molar refractivity (Wildman–Crippen MR) is 240 cm³/mol. The Morgan fingerprint density at radius 1 is 0.778 bits per heavy atom. The third-order valence-electron chi connectivity index (χ3n) is 13.7. The second kappa shape index (κ2) is 12.0. The van der Waals surface area contributed by atoms with E-state index in [1.165, 1.54) is 95.0 Å². The van der Waals surface area contributed by atoms with Crippen molar-refractivity contribution in [1.29, 1.82) is 0 Å². The highest BCUT2D eigenvalue weighted by Crippen LogP contribution is 2.78. The van der Waals surface area contributed by atoms with Crippen LogP contribution in [0.2, 0.25) is 0 Å². The van der Waals surface area contributed by atoms with Crippen molar-refractivity contribution in [3.05, 3.63) is 147 Å². The minimum atomic E-state index is -2.42. The average Bonchev–Trinajstić information content (AvgIpc) is 3.44. The van der Waals surface area contributed by atoms with E-state index in [0.29, 0.717) is 0 Å². The predicted octanol–water partition coefficient (Wildman–Crippen LogP) is 11.5. The molecule has 0 saturated carbocycles. The van der Waals surface area contributed by atoms with Gasteiger partial charge in [-0.05, 0) is 138 Å². The molecule has 2 aliphatic heterocycles. The van der Waals surface area contributed by atoms with Gasteiger partial charge in [-0.1, -0.05) is 129 Å². The zero-order valence-electron chi connectivity index (χ0n) is 33.9. The molecule has 276 valence electrons. The lowest BCUT2D eigenvalue weighted by Gasteiger charge is -2.56. The van der Waals surface area contributed by atoms with Crippen molar-refractivity contribution >= 4 is 44.9 Å². The van der Waals surface area contributed by atoms with E-state index in [-0.39, 0.29) is 16.9 Å². The number of nitrogens with one attached hydrogen (secondary N) is 2. The quantitative estimate of drug-likeness (QED) is 0.145. The Morgan fingerprint density at radius 3 is 2.33 bits per heavy atom. The maximum atomic E-state index is 4.03. The Morgan fingerprint density at radius 2 is 1.50 bits per heavy atom. The summed E-state index contributed by atoms with van der Waals surface area (Å²) in [5, 5.41) is 8.01. The van der Waals surface area contributed by atoms with Gasteiger partial charge >= 0.3 is 0 Å². The highest BCUT2D eigenvalue weighted by Gasteiger charge is 2.41. The fourth-order valence-corrected chi connectivity index (χ4v) is 13.8. The number of aryl methyl sites for hydroxylation is 1. The highest BCUT2D eigenvalue weighted by atomic mass is 32.3. The van der Waals surface area contributed by atoms with Crippen molar-refractivity contribution in [3.8, 4) is 11.1 Å². The molecule has 4 aromatic carbocycles. The van der Waals surface area contributed by atoms with Crippen LogP contribution in [0.1, 0.15) is 76.1 Å². The summed E-state index contributed by atoms with van der Waals surface area (Å²) in [6.45, 7) is 14.4. The Kier molecular flexibility index (Phi) is 7.88. The molecule has 0 saturated heterocycles. The Labute approximate surface area is 325 Å². The van der Waals surface area contributed by atoms with Gasteiger partial charge in [-0.15, -0.1) is 0 Å². The van der Waals surface area contributed by atoms with Crippen LogP contribution >= 0.6 is 9.16 Å². The molecule has 1 unspecified atom stereocenters. The van der Waals surface area contributed by atoms with E-state index in [1.807, 2.05) is 0 Å². The average molecular weight is 729 g/mol. The number of rotatable bonds is 3. The standard InChI is InChI=1S/C50H57BN2S/c1-31-23-35-27-34-26-33-15-10-11-16-37(33)39(34)28-36(30-52-44-29-42-41(25-32(44)2)49(3,4)21-22-50(42,5)6)51-47(35)40(24-31)38-17-14-20-46-48(38)53-43-18-12-13-19-45(43)54(46,7,8)9/h10-20,23-25,27-28,30,44,51-54H,21-22,26,29H2,1-9H3/b34-27-,36-30-,39-28+. The number of benzene rings is 4. The molecule has 0 fully saturated rings. The van der Waals surface area contributed by atoms with Crippen LogP contribution in [0.25, 0.3) is 22.8 Å². The maximum Gasteiger partial charge on any atom is 0.195 e. The molecule has 54 heavy (non-hydrogen) atoms. The molecule has 9 rings (SSSR count). The summed E-state index contributed by atoms with van der Waals surface area (Å²) >= 11 is 0.